The number of thiazole rings is 1. The van der Waals surface area contributed by atoms with Crippen molar-refractivity contribution in [3.05, 3.63) is 46.9 Å². The SMILES string of the molecule is CCc1nn(C)cc1C(=O)NCc1csc(-c2ccco2)n1. The highest BCUT2D eigenvalue weighted by atomic mass is 32.1. The van der Waals surface area contributed by atoms with Crippen LogP contribution in [-0.4, -0.2) is 20.7 Å². The standard InChI is InChI=1S/C15H16N4O2S/c1-3-12-11(8-19(2)18-12)14(20)16-7-10-9-22-15(17-10)13-5-4-6-21-13/h4-6,8-9H,3,7H2,1-2H3,(H,16,20). The highest BCUT2D eigenvalue weighted by Gasteiger charge is 2.14. The van der Waals surface area contributed by atoms with Crippen LogP contribution in [0.3, 0.4) is 0 Å². The quantitative estimate of drug-likeness (QED) is 0.785. The van der Waals surface area contributed by atoms with Crippen LogP contribution in [0.4, 0.5) is 0 Å². The molecule has 0 radical (unpaired) electrons. The van der Waals surface area contributed by atoms with E-state index in [-0.39, 0.29) is 5.91 Å². The zero-order valence-electron chi connectivity index (χ0n) is 12.4. The number of carbonyl (C=O) groups excluding carboxylic acids is 1. The maximum atomic E-state index is 12.2. The van der Waals surface area contributed by atoms with Crippen LogP contribution in [0.15, 0.2) is 34.4 Å². The molecule has 0 spiro atoms. The van der Waals surface area contributed by atoms with Gasteiger partial charge in [0, 0.05) is 18.6 Å². The van der Waals surface area contributed by atoms with E-state index in [1.807, 2.05) is 31.5 Å². The van der Waals surface area contributed by atoms with Crippen LogP contribution in [0, 0.1) is 0 Å². The molecule has 7 heteroatoms. The fraction of sp³-hybridized carbons (Fsp3) is 0.267. The Morgan fingerprint density at radius 1 is 1.50 bits per heavy atom. The van der Waals surface area contributed by atoms with Crippen molar-refractivity contribution in [1.29, 1.82) is 0 Å². The number of aromatic nitrogens is 3. The lowest BCUT2D eigenvalue weighted by atomic mass is 10.2. The van der Waals surface area contributed by atoms with E-state index in [0.717, 1.165) is 28.6 Å². The van der Waals surface area contributed by atoms with Crippen LogP contribution in [0.2, 0.25) is 0 Å². The number of aryl methyl sites for hydroxylation is 2. The lowest BCUT2D eigenvalue weighted by molar-refractivity contribution is 0.0949. The molecule has 3 rings (SSSR count). The topological polar surface area (TPSA) is 73.0 Å². The molecule has 3 aromatic rings. The number of rotatable bonds is 5. The Morgan fingerprint density at radius 3 is 3.09 bits per heavy atom. The average Bonchev–Trinajstić information content (AvgIpc) is 3.24. The van der Waals surface area contributed by atoms with Crippen LogP contribution in [0.25, 0.3) is 10.8 Å². The molecule has 3 aromatic heterocycles. The molecule has 22 heavy (non-hydrogen) atoms. The van der Waals surface area contributed by atoms with Gasteiger partial charge in [-0.15, -0.1) is 11.3 Å². The predicted molar refractivity (Wildman–Crippen MR) is 83.6 cm³/mol. The second kappa shape index (κ2) is 6.15. The molecule has 0 aliphatic heterocycles. The Bertz CT molecular complexity index is 773. The van der Waals surface area contributed by atoms with Crippen LogP contribution < -0.4 is 5.32 Å². The third kappa shape index (κ3) is 2.94. The Morgan fingerprint density at radius 2 is 2.36 bits per heavy atom. The number of nitrogens with zero attached hydrogens (tertiary/aromatic N) is 3. The van der Waals surface area contributed by atoms with Crippen molar-refractivity contribution in [3.8, 4) is 10.8 Å². The van der Waals surface area contributed by atoms with Gasteiger partial charge in [-0.2, -0.15) is 5.10 Å². The Labute approximate surface area is 131 Å². The highest BCUT2D eigenvalue weighted by Crippen LogP contribution is 2.23. The van der Waals surface area contributed by atoms with Gasteiger partial charge in [0.2, 0.25) is 0 Å². The molecule has 0 saturated carbocycles. The second-order valence-corrected chi connectivity index (χ2v) is 5.68. The fourth-order valence-corrected chi connectivity index (χ4v) is 2.94. The predicted octanol–water partition coefficient (Wildman–Crippen LogP) is 2.63. The number of hydrogen-bond donors (Lipinski definition) is 1. The van der Waals surface area contributed by atoms with Crippen molar-refractivity contribution >= 4 is 17.2 Å². The molecular formula is C15H16N4O2S. The lowest BCUT2D eigenvalue weighted by Gasteiger charge is -2.02. The maximum Gasteiger partial charge on any atom is 0.255 e. The first-order valence-corrected chi connectivity index (χ1v) is 7.84. The molecule has 0 aromatic carbocycles. The van der Waals surface area contributed by atoms with E-state index in [2.05, 4.69) is 15.4 Å². The maximum absolute atomic E-state index is 12.2. The van der Waals surface area contributed by atoms with Crippen molar-refractivity contribution in [3.63, 3.8) is 0 Å². The summed E-state index contributed by atoms with van der Waals surface area (Å²) in [5.74, 6) is 0.612. The van der Waals surface area contributed by atoms with Gasteiger partial charge in [-0.25, -0.2) is 4.98 Å². The summed E-state index contributed by atoms with van der Waals surface area (Å²) in [7, 11) is 1.81. The van der Waals surface area contributed by atoms with Crippen LogP contribution in [0.1, 0.15) is 28.7 Å². The number of nitrogens with one attached hydrogen (secondary N) is 1. The van der Waals surface area contributed by atoms with E-state index in [9.17, 15) is 4.79 Å². The largest absolute Gasteiger partial charge is 0.462 e. The number of carbonyl (C=O) groups is 1. The first-order chi connectivity index (χ1) is 10.7. The van der Waals surface area contributed by atoms with Crippen molar-refractivity contribution in [2.45, 2.75) is 19.9 Å². The molecule has 0 saturated heterocycles. The molecule has 114 valence electrons. The molecule has 0 aliphatic carbocycles. The molecule has 6 nitrogen and oxygen atoms in total. The van der Waals surface area contributed by atoms with Crippen LogP contribution in [-0.2, 0) is 20.0 Å². The van der Waals surface area contributed by atoms with Gasteiger partial charge in [-0.05, 0) is 18.6 Å². The van der Waals surface area contributed by atoms with E-state index in [1.54, 1.807) is 17.1 Å². The van der Waals surface area contributed by atoms with Gasteiger partial charge in [0.05, 0.1) is 29.8 Å². The minimum absolute atomic E-state index is 0.127. The first kappa shape index (κ1) is 14.5. The van der Waals surface area contributed by atoms with Gasteiger partial charge in [0.15, 0.2) is 10.8 Å². The minimum atomic E-state index is -0.127. The molecule has 0 bridgehead atoms. The summed E-state index contributed by atoms with van der Waals surface area (Å²) >= 11 is 1.49. The Balaban J connectivity index is 1.66. The summed E-state index contributed by atoms with van der Waals surface area (Å²) in [5, 5.41) is 9.88. The van der Waals surface area contributed by atoms with Gasteiger partial charge in [-0.1, -0.05) is 6.92 Å². The summed E-state index contributed by atoms with van der Waals surface area (Å²) < 4.78 is 6.97. The highest BCUT2D eigenvalue weighted by molar-refractivity contribution is 7.13. The molecule has 1 N–H and O–H groups in total. The summed E-state index contributed by atoms with van der Waals surface area (Å²) in [4.78, 5) is 16.7. The molecule has 0 unspecified atom stereocenters. The normalized spacial score (nSPS) is 10.8. The van der Waals surface area contributed by atoms with E-state index in [1.165, 1.54) is 11.3 Å². The summed E-state index contributed by atoms with van der Waals surface area (Å²) in [5.41, 5.74) is 2.23. The number of hydrogen-bond acceptors (Lipinski definition) is 5. The Kier molecular flexibility index (Phi) is 4.06. The molecule has 1 amide bonds. The lowest BCUT2D eigenvalue weighted by Crippen LogP contribution is -2.23. The molecule has 0 aliphatic rings. The number of furan rings is 1. The summed E-state index contributed by atoms with van der Waals surface area (Å²) in [6.45, 7) is 2.36. The van der Waals surface area contributed by atoms with Gasteiger partial charge in [0.1, 0.15) is 0 Å². The van der Waals surface area contributed by atoms with Gasteiger partial charge < -0.3 is 9.73 Å². The van der Waals surface area contributed by atoms with Crippen molar-refractivity contribution in [2.75, 3.05) is 0 Å². The van der Waals surface area contributed by atoms with Crippen molar-refractivity contribution in [2.24, 2.45) is 7.05 Å². The Hall–Kier alpha value is -2.41. The average molecular weight is 316 g/mol. The van der Waals surface area contributed by atoms with Crippen molar-refractivity contribution in [1.82, 2.24) is 20.1 Å². The fourth-order valence-electron chi connectivity index (χ4n) is 2.15. The van der Waals surface area contributed by atoms with Gasteiger partial charge in [-0.3, -0.25) is 9.48 Å². The molecule has 0 fully saturated rings. The third-order valence-corrected chi connectivity index (χ3v) is 4.10. The smallest absolute Gasteiger partial charge is 0.255 e. The van der Waals surface area contributed by atoms with E-state index < -0.39 is 0 Å². The van der Waals surface area contributed by atoms with Crippen LogP contribution >= 0.6 is 11.3 Å². The second-order valence-electron chi connectivity index (χ2n) is 4.82. The van der Waals surface area contributed by atoms with Crippen molar-refractivity contribution < 1.29 is 9.21 Å². The molecule has 3 heterocycles. The zero-order chi connectivity index (χ0) is 15.5. The summed E-state index contributed by atoms with van der Waals surface area (Å²) in [6.07, 6.45) is 4.08. The van der Waals surface area contributed by atoms with Gasteiger partial charge in [0.25, 0.3) is 5.91 Å². The first-order valence-electron chi connectivity index (χ1n) is 6.96. The minimum Gasteiger partial charge on any atom is -0.462 e. The van der Waals surface area contributed by atoms with E-state index >= 15 is 0 Å². The van der Waals surface area contributed by atoms with E-state index in [0.29, 0.717) is 12.1 Å². The number of amides is 1. The monoisotopic (exact) mass is 316 g/mol. The zero-order valence-corrected chi connectivity index (χ0v) is 13.2. The summed E-state index contributed by atoms with van der Waals surface area (Å²) in [6, 6.07) is 3.69. The molecule has 0 atom stereocenters. The van der Waals surface area contributed by atoms with E-state index in [4.69, 9.17) is 4.42 Å². The van der Waals surface area contributed by atoms with Gasteiger partial charge >= 0.3 is 0 Å². The van der Waals surface area contributed by atoms with Crippen LogP contribution in [0.5, 0.6) is 0 Å². The molecular weight excluding hydrogens is 300 g/mol. The third-order valence-electron chi connectivity index (χ3n) is 3.20.